The predicted octanol–water partition coefficient (Wildman–Crippen LogP) is 0.885. The lowest BCUT2D eigenvalue weighted by molar-refractivity contribution is 0.374. The fourth-order valence-corrected chi connectivity index (χ4v) is 1.09. The smallest absolute Gasteiger partial charge is 0.321 e. The average Bonchev–Trinajstić information content (AvgIpc) is 2.18. The van der Waals surface area contributed by atoms with E-state index < -0.39 is 0 Å². The number of thioether (sulfide) groups is 1. The highest BCUT2D eigenvalue weighted by Gasteiger charge is 2.05. The zero-order valence-electron chi connectivity index (χ0n) is 7.81. The summed E-state index contributed by atoms with van der Waals surface area (Å²) < 4.78 is 4.86. The number of aromatic nitrogens is 3. The van der Waals surface area contributed by atoms with Gasteiger partial charge in [0.15, 0.2) is 0 Å². The van der Waals surface area contributed by atoms with Crippen LogP contribution in [0, 0.1) is 10.7 Å². The van der Waals surface area contributed by atoms with E-state index in [4.69, 9.17) is 10.00 Å². The number of hydrogen-bond donors (Lipinski definition) is 1. The quantitative estimate of drug-likeness (QED) is 0.584. The molecule has 1 aromatic rings. The molecular weight excluding hydrogens is 202 g/mol. The van der Waals surface area contributed by atoms with Crippen LogP contribution < -0.4 is 10.1 Å². The van der Waals surface area contributed by atoms with E-state index in [0.717, 1.165) is 11.8 Å². The molecule has 6 nitrogen and oxygen atoms in total. The molecule has 0 saturated heterocycles. The average molecular weight is 211 g/mol. The van der Waals surface area contributed by atoms with Crippen LogP contribution in [-0.4, -0.2) is 28.6 Å². The van der Waals surface area contributed by atoms with E-state index >= 15 is 0 Å². The Morgan fingerprint density at radius 1 is 1.50 bits per heavy atom. The second-order valence-electron chi connectivity index (χ2n) is 2.15. The van der Waals surface area contributed by atoms with Crippen molar-refractivity contribution in [2.45, 2.75) is 12.1 Å². The van der Waals surface area contributed by atoms with Gasteiger partial charge >= 0.3 is 6.01 Å². The molecule has 0 amide bonds. The van der Waals surface area contributed by atoms with Crippen LogP contribution in [0.3, 0.4) is 0 Å². The molecule has 0 aromatic carbocycles. The number of nitriles is 1. The largest absolute Gasteiger partial charge is 0.467 e. The van der Waals surface area contributed by atoms with Crippen molar-refractivity contribution in [3.05, 3.63) is 0 Å². The molecule has 0 fully saturated rings. The number of methoxy groups -OCH3 is 1. The first kappa shape index (κ1) is 10.5. The lowest BCUT2D eigenvalue weighted by Crippen LogP contribution is -2.05. The summed E-state index contributed by atoms with van der Waals surface area (Å²) in [4.78, 5) is 11.8. The summed E-state index contributed by atoms with van der Waals surface area (Å²) >= 11 is 0.868. The normalized spacial score (nSPS) is 9.21. The molecule has 1 heterocycles. The van der Waals surface area contributed by atoms with E-state index in [1.54, 1.807) is 0 Å². The predicted molar refractivity (Wildman–Crippen MR) is 52.0 cm³/mol. The van der Waals surface area contributed by atoms with Gasteiger partial charge < -0.3 is 10.1 Å². The van der Waals surface area contributed by atoms with Crippen LogP contribution in [0.4, 0.5) is 5.95 Å². The summed E-state index contributed by atoms with van der Waals surface area (Å²) in [5, 5.41) is 13.6. The summed E-state index contributed by atoms with van der Waals surface area (Å²) in [5.74, 6) is 0.414. The Bertz CT molecular complexity index is 350. The zero-order valence-corrected chi connectivity index (χ0v) is 8.63. The van der Waals surface area contributed by atoms with Crippen LogP contribution in [0.1, 0.15) is 6.92 Å². The van der Waals surface area contributed by atoms with E-state index in [0.29, 0.717) is 17.6 Å². The first-order valence-electron chi connectivity index (χ1n) is 3.90. The zero-order chi connectivity index (χ0) is 10.4. The van der Waals surface area contributed by atoms with Crippen molar-refractivity contribution in [3.8, 4) is 11.4 Å². The number of thiocyanates is 1. The maximum atomic E-state index is 8.46. The molecule has 74 valence electrons. The number of rotatable bonds is 4. The summed E-state index contributed by atoms with van der Waals surface area (Å²) in [5.41, 5.74) is 0. The molecule has 0 unspecified atom stereocenters. The third-order valence-electron chi connectivity index (χ3n) is 1.25. The van der Waals surface area contributed by atoms with Crippen LogP contribution in [-0.2, 0) is 0 Å². The minimum atomic E-state index is 0.203. The maximum absolute atomic E-state index is 8.46. The van der Waals surface area contributed by atoms with Gasteiger partial charge in [-0.3, -0.25) is 0 Å². The molecule has 1 N–H and O–H groups in total. The number of anilines is 1. The first-order chi connectivity index (χ1) is 6.80. The Morgan fingerprint density at radius 2 is 2.29 bits per heavy atom. The van der Waals surface area contributed by atoms with Crippen molar-refractivity contribution < 1.29 is 4.74 Å². The molecule has 1 rings (SSSR count). The molecule has 0 radical (unpaired) electrons. The molecule has 0 spiro atoms. The summed E-state index contributed by atoms with van der Waals surface area (Å²) in [6.45, 7) is 2.62. The molecule has 0 aliphatic rings. The van der Waals surface area contributed by atoms with Crippen molar-refractivity contribution >= 4 is 17.7 Å². The third-order valence-corrected chi connectivity index (χ3v) is 1.71. The molecule has 7 heteroatoms. The second kappa shape index (κ2) is 5.24. The molecule has 1 aromatic heterocycles. The van der Waals surface area contributed by atoms with Crippen LogP contribution in [0.2, 0.25) is 0 Å². The molecule has 0 atom stereocenters. The minimum Gasteiger partial charge on any atom is -0.467 e. The van der Waals surface area contributed by atoms with Gasteiger partial charge in [-0.2, -0.15) is 20.2 Å². The summed E-state index contributed by atoms with van der Waals surface area (Å²) in [7, 11) is 1.46. The molecule has 0 aliphatic carbocycles. The fourth-order valence-electron chi connectivity index (χ4n) is 0.753. The first-order valence-corrected chi connectivity index (χ1v) is 4.71. The van der Waals surface area contributed by atoms with E-state index in [1.807, 2.05) is 12.3 Å². The number of ether oxygens (including phenoxy) is 1. The Balaban J connectivity index is 2.95. The van der Waals surface area contributed by atoms with Crippen molar-refractivity contribution in [2.24, 2.45) is 0 Å². The topological polar surface area (TPSA) is 83.7 Å². The maximum Gasteiger partial charge on any atom is 0.321 e. The minimum absolute atomic E-state index is 0.203. The standard InChI is InChI=1S/C7H9N5OS/c1-3-9-5-10-6(13-2)12-7(11-5)14-4-8/h3H2,1-2H3,(H,9,10,11,12). The Labute approximate surface area is 85.7 Å². The van der Waals surface area contributed by atoms with Crippen molar-refractivity contribution in [1.29, 1.82) is 5.26 Å². The molecule has 0 aliphatic heterocycles. The highest BCUT2D eigenvalue weighted by molar-refractivity contribution is 8.03. The summed E-state index contributed by atoms with van der Waals surface area (Å²) in [6.07, 6.45) is 0. The Kier molecular flexibility index (Phi) is 3.94. The van der Waals surface area contributed by atoms with Gasteiger partial charge in [0.1, 0.15) is 5.40 Å². The number of hydrogen-bond acceptors (Lipinski definition) is 7. The summed E-state index contributed by atoms with van der Waals surface area (Å²) in [6, 6.07) is 0.203. The highest BCUT2D eigenvalue weighted by atomic mass is 32.2. The molecular formula is C7H9N5OS. The monoisotopic (exact) mass is 211 g/mol. The lowest BCUT2D eigenvalue weighted by atomic mass is 10.7. The number of nitrogens with one attached hydrogen (secondary N) is 1. The van der Waals surface area contributed by atoms with Gasteiger partial charge in [-0.1, -0.05) is 0 Å². The van der Waals surface area contributed by atoms with E-state index in [1.165, 1.54) is 7.11 Å². The lowest BCUT2D eigenvalue weighted by Gasteiger charge is -2.03. The van der Waals surface area contributed by atoms with Crippen LogP contribution >= 0.6 is 11.8 Å². The van der Waals surface area contributed by atoms with E-state index in [2.05, 4.69) is 20.3 Å². The van der Waals surface area contributed by atoms with Crippen molar-refractivity contribution in [3.63, 3.8) is 0 Å². The van der Waals surface area contributed by atoms with Gasteiger partial charge in [-0.15, -0.1) is 0 Å². The van der Waals surface area contributed by atoms with Gasteiger partial charge in [-0.05, 0) is 6.92 Å². The van der Waals surface area contributed by atoms with Crippen LogP contribution in [0.25, 0.3) is 0 Å². The molecule has 0 saturated carbocycles. The fraction of sp³-hybridized carbons (Fsp3) is 0.429. The Morgan fingerprint density at radius 3 is 2.86 bits per heavy atom. The van der Waals surface area contributed by atoms with Gasteiger partial charge in [0, 0.05) is 18.3 Å². The van der Waals surface area contributed by atoms with Gasteiger partial charge in [-0.25, -0.2) is 0 Å². The van der Waals surface area contributed by atoms with Gasteiger partial charge in [0.2, 0.25) is 11.1 Å². The molecule has 14 heavy (non-hydrogen) atoms. The van der Waals surface area contributed by atoms with Crippen molar-refractivity contribution in [1.82, 2.24) is 15.0 Å². The van der Waals surface area contributed by atoms with Gasteiger partial charge in [0.05, 0.1) is 7.11 Å². The second-order valence-corrected chi connectivity index (χ2v) is 2.90. The Hall–Kier alpha value is -1.55. The highest BCUT2D eigenvalue weighted by Crippen LogP contribution is 2.15. The van der Waals surface area contributed by atoms with E-state index in [-0.39, 0.29) is 6.01 Å². The third kappa shape index (κ3) is 2.74. The van der Waals surface area contributed by atoms with Gasteiger partial charge in [0.25, 0.3) is 0 Å². The van der Waals surface area contributed by atoms with Crippen LogP contribution in [0.5, 0.6) is 6.01 Å². The van der Waals surface area contributed by atoms with E-state index in [9.17, 15) is 0 Å². The SMILES string of the molecule is CCNc1nc(OC)nc(SC#N)n1. The number of nitrogens with zero attached hydrogens (tertiary/aromatic N) is 4. The molecule has 0 bridgehead atoms. The van der Waals surface area contributed by atoms with Crippen molar-refractivity contribution in [2.75, 3.05) is 19.0 Å². The van der Waals surface area contributed by atoms with Crippen LogP contribution in [0.15, 0.2) is 5.16 Å².